The maximum absolute atomic E-state index is 5.94. The Bertz CT molecular complexity index is 183. The van der Waals surface area contributed by atoms with Crippen LogP contribution in [0.5, 0.6) is 0 Å². The Morgan fingerprint density at radius 1 is 1.21 bits per heavy atom. The maximum Gasteiger partial charge on any atom is 0.0224 e. The molecule has 3 heteroatoms. The van der Waals surface area contributed by atoms with Crippen molar-refractivity contribution < 1.29 is 0 Å². The maximum atomic E-state index is 5.94. The summed E-state index contributed by atoms with van der Waals surface area (Å²) in [6.07, 6.45) is 3.94. The molecule has 0 aromatic rings. The van der Waals surface area contributed by atoms with E-state index < -0.39 is 0 Å². The molecule has 2 heterocycles. The van der Waals surface area contributed by atoms with E-state index in [0.717, 1.165) is 12.6 Å². The molecule has 2 fully saturated rings. The van der Waals surface area contributed by atoms with Crippen molar-refractivity contribution in [2.75, 3.05) is 32.7 Å². The highest BCUT2D eigenvalue weighted by molar-refractivity contribution is 4.87. The van der Waals surface area contributed by atoms with Crippen molar-refractivity contribution in [1.82, 2.24) is 9.80 Å². The minimum absolute atomic E-state index is 0.437. The lowest BCUT2D eigenvalue weighted by Gasteiger charge is -2.37. The van der Waals surface area contributed by atoms with E-state index in [9.17, 15) is 0 Å². The molecule has 2 N–H and O–H groups in total. The predicted octanol–water partition coefficient (Wildman–Crippen LogP) is 0.504. The van der Waals surface area contributed by atoms with Crippen LogP contribution >= 0.6 is 0 Å². The zero-order chi connectivity index (χ0) is 9.97. The van der Waals surface area contributed by atoms with Crippen molar-refractivity contribution in [3.05, 3.63) is 0 Å². The molecular weight excluding hydrogens is 174 g/mol. The first-order chi connectivity index (χ1) is 6.79. The van der Waals surface area contributed by atoms with E-state index in [-0.39, 0.29) is 0 Å². The zero-order valence-corrected chi connectivity index (χ0v) is 9.28. The summed E-state index contributed by atoms with van der Waals surface area (Å²) in [5, 5.41) is 0. The minimum atomic E-state index is 0.437. The number of nitrogens with zero attached hydrogens (tertiary/aromatic N) is 2. The Morgan fingerprint density at radius 3 is 2.71 bits per heavy atom. The molecule has 0 aromatic heterocycles. The van der Waals surface area contributed by atoms with E-state index in [0.29, 0.717) is 6.04 Å². The van der Waals surface area contributed by atoms with Crippen molar-refractivity contribution >= 4 is 0 Å². The van der Waals surface area contributed by atoms with Crippen LogP contribution in [0.2, 0.25) is 0 Å². The molecule has 0 radical (unpaired) electrons. The van der Waals surface area contributed by atoms with Gasteiger partial charge in [-0.25, -0.2) is 0 Å². The van der Waals surface area contributed by atoms with Crippen LogP contribution in [-0.4, -0.2) is 54.6 Å². The van der Waals surface area contributed by atoms with Gasteiger partial charge in [-0.05, 0) is 32.4 Å². The molecule has 2 aliphatic rings. The van der Waals surface area contributed by atoms with E-state index in [1.165, 1.54) is 45.4 Å². The molecule has 3 nitrogen and oxygen atoms in total. The highest BCUT2D eigenvalue weighted by Gasteiger charge is 2.29. The lowest BCUT2D eigenvalue weighted by molar-refractivity contribution is 0.118. The monoisotopic (exact) mass is 197 g/mol. The summed E-state index contributed by atoms with van der Waals surface area (Å²) in [7, 11) is 0. The molecule has 0 saturated carbocycles. The first-order valence-corrected chi connectivity index (χ1v) is 6.01. The summed E-state index contributed by atoms with van der Waals surface area (Å²) in [6.45, 7) is 8.39. The topological polar surface area (TPSA) is 32.5 Å². The van der Waals surface area contributed by atoms with Gasteiger partial charge in [-0.15, -0.1) is 0 Å². The van der Waals surface area contributed by atoms with Gasteiger partial charge in [0.05, 0.1) is 0 Å². The number of rotatable bonds is 2. The Labute approximate surface area is 87.2 Å². The van der Waals surface area contributed by atoms with E-state index in [4.69, 9.17) is 5.73 Å². The second-order valence-electron chi connectivity index (χ2n) is 4.73. The molecule has 2 atom stereocenters. The van der Waals surface area contributed by atoms with Gasteiger partial charge in [-0.2, -0.15) is 0 Å². The number of piperidine rings is 1. The van der Waals surface area contributed by atoms with E-state index in [1.807, 2.05) is 0 Å². The third-order valence-electron chi connectivity index (χ3n) is 3.70. The summed E-state index contributed by atoms with van der Waals surface area (Å²) < 4.78 is 0. The average molecular weight is 197 g/mol. The second-order valence-corrected chi connectivity index (χ2v) is 4.73. The summed E-state index contributed by atoms with van der Waals surface area (Å²) in [4.78, 5) is 5.17. The molecule has 2 saturated heterocycles. The lowest BCUT2D eigenvalue weighted by atomic mass is 10.0. The molecule has 0 aliphatic carbocycles. The van der Waals surface area contributed by atoms with E-state index >= 15 is 0 Å². The van der Waals surface area contributed by atoms with Crippen molar-refractivity contribution in [2.45, 2.75) is 38.3 Å². The van der Waals surface area contributed by atoms with Crippen LogP contribution in [0.3, 0.4) is 0 Å². The first-order valence-electron chi connectivity index (χ1n) is 6.01. The Balaban J connectivity index is 1.84. The summed E-state index contributed by atoms with van der Waals surface area (Å²) in [5.74, 6) is 0. The molecule has 2 rings (SSSR count). The van der Waals surface area contributed by atoms with Gasteiger partial charge in [0.2, 0.25) is 0 Å². The number of likely N-dealkylation sites (N-methyl/N-ethyl adjacent to an activating group) is 1. The fraction of sp³-hybridized carbons (Fsp3) is 1.00. The molecular formula is C11H23N3. The molecule has 0 spiro atoms. The number of nitrogens with two attached hydrogens (primary N) is 1. The smallest absolute Gasteiger partial charge is 0.0224 e. The van der Waals surface area contributed by atoms with Crippen LogP contribution in [0.1, 0.15) is 26.2 Å². The number of hydrogen-bond donors (Lipinski definition) is 1. The van der Waals surface area contributed by atoms with E-state index in [2.05, 4.69) is 16.7 Å². The molecule has 0 bridgehead atoms. The number of likely N-dealkylation sites (tertiary alicyclic amines) is 2. The quantitative estimate of drug-likeness (QED) is 0.700. The van der Waals surface area contributed by atoms with Crippen LogP contribution < -0.4 is 5.73 Å². The summed E-state index contributed by atoms with van der Waals surface area (Å²) >= 11 is 0. The van der Waals surface area contributed by atoms with Gasteiger partial charge in [0.1, 0.15) is 0 Å². The van der Waals surface area contributed by atoms with Crippen LogP contribution in [0.15, 0.2) is 0 Å². The third kappa shape index (κ3) is 2.27. The average Bonchev–Trinajstić information content (AvgIpc) is 2.65. The largest absolute Gasteiger partial charge is 0.326 e. The van der Waals surface area contributed by atoms with Gasteiger partial charge in [0.15, 0.2) is 0 Å². The fourth-order valence-corrected chi connectivity index (χ4v) is 2.76. The Kier molecular flexibility index (Phi) is 3.42. The van der Waals surface area contributed by atoms with Crippen molar-refractivity contribution in [2.24, 2.45) is 5.73 Å². The van der Waals surface area contributed by atoms with E-state index in [1.54, 1.807) is 0 Å². The zero-order valence-electron chi connectivity index (χ0n) is 9.28. The van der Waals surface area contributed by atoms with Crippen molar-refractivity contribution in [1.29, 1.82) is 0 Å². The van der Waals surface area contributed by atoms with Crippen molar-refractivity contribution in [3.63, 3.8) is 0 Å². The Hall–Kier alpha value is -0.120. The summed E-state index contributed by atoms with van der Waals surface area (Å²) in [6, 6.07) is 1.23. The normalized spacial score (nSPS) is 36.4. The second kappa shape index (κ2) is 4.60. The summed E-state index contributed by atoms with van der Waals surface area (Å²) in [5.41, 5.74) is 5.94. The molecule has 2 aliphatic heterocycles. The SMILES string of the molecule is CCN1CCCC(N2CCC(N)C2)C1. The molecule has 14 heavy (non-hydrogen) atoms. The minimum Gasteiger partial charge on any atom is -0.326 e. The van der Waals surface area contributed by atoms with Crippen molar-refractivity contribution in [3.8, 4) is 0 Å². The van der Waals surface area contributed by atoms with Crippen LogP contribution in [0.4, 0.5) is 0 Å². The van der Waals surface area contributed by atoms with Gasteiger partial charge < -0.3 is 10.6 Å². The highest BCUT2D eigenvalue weighted by Crippen LogP contribution is 2.19. The Morgan fingerprint density at radius 2 is 2.07 bits per heavy atom. The fourth-order valence-electron chi connectivity index (χ4n) is 2.76. The van der Waals surface area contributed by atoms with Gasteiger partial charge in [0, 0.05) is 31.7 Å². The standard InChI is InChI=1S/C11H23N3/c1-2-13-6-3-4-11(9-13)14-7-5-10(12)8-14/h10-11H,2-9,12H2,1H3. The molecule has 82 valence electrons. The van der Waals surface area contributed by atoms with Crippen LogP contribution in [-0.2, 0) is 0 Å². The lowest BCUT2D eigenvalue weighted by Crippen LogP contribution is -2.47. The van der Waals surface area contributed by atoms with Crippen LogP contribution in [0, 0.1) is 0 Å². The van der Waals surface area contributed by atoms with Gasteiger partial charge in [0.25, 0.3) is 0 Å². The molecule has 0 aromatic carbocycles. The van der Waals surface area contributed by atoms with Gasteiger partial charge in [-0.1, -0.05) is 6.92 Å². The third-order valence-corrected chi connectivity index (χ3v) is 3.70. The molecule has 0 amide bonds. The van der Waals surface area contributed by atoms with Gasteiger partial charge in [-0.3, -0.25) is 4.90 Å². The van der Waals surface area contributed by atoms with Crippen LogP contribution in [0.25, 0.3) is 0 Å². The number of hydrogen-bond acceptors (Lipinski definition) is 3. The highest BCUT2D eigenvalue weighted by atomic mass is 15.2. The molecule has 2 unspecified atom stereocenters. The predicted molar refractivity (Wildman–Crippen MR) is 59.3 cm³/mol. The first kappa shape index (κ1) is 10.4. The van der Waals surface area contributed by atoms with Gasteiger partial charge >= 0.3 is 0 Å².